The third kappa shape index (κ3) is 3.84. The Balaban J connectivity index is 1.30. The molecule has 0 aromatic carbocycles. The summed E-state index contributed by atoms with van der Waals surface area (Å²) < 4.78 is 1.84. The normalized spacial score (nSPS) is 18.7. The van der Waals surface area contributed by atoms with E-state index in [1.54, 1.807) is 0 Å². The minimum Gasteiger partial charge on any atom is -0.354 e. The van der Waals surface area contributed by atoms with Gasteiger partial charge in [-0.1, -0.05) is 33.6 Å². The largest absolute Gasteiger partial charge is 0.354 e. The lowest BCUT2D eigenvalue weighted by molar-refractivity contribution is 0.233. The first-order chi connectivity index (χ1) is 12.9. The Morgan fingerprint density at radius 1 is 1.19 bits per heavy atom. The van der Waals surface area contributed by atoms with Crippen LogP contribution in [0.2, 0.25) is 0 Å². The molecule has 0 atom stereocenters. The van der Waals surface area contributed by atoms with E-state index in [1.165, 1.54) is 12.8 Å². The van der Waals surface area contributed by atoms with E-state index in [1.807, 2.05) is 16.6 Å². The molecule has 2 aromatic rings. The van der Waals surface area contributed by atoms with Crippen LogP contribution in [0.3, 0.4) is 0 Å². The summed E-state index contributed by atoms with van der Waals surface area (Å²) in [5.74, 6) is 2.25. The lowest BCUT2D eigenvalue weighted by Gasteiger charge is -2.40. The molecule has 1 saturated heterocycles. The van der Waals surface area contributed by atoms with Crippen molar-refractivity contribution >= 4 is 17.5 Å². The van der Waals surface area contributed by atoms with Crippen molar-refractivity contribution in [3.8, 4) is 0 Å². The standard InChI is InChI=1S/C19H29N7O/c1-19(2,3)17-23-22-15-8-9-16(24-26(15)17)25-11-13(12-25)10-20-18(27)21-14-6-4-5-7-14/h8-9,13-14H,4-7,10-12H2,1-3H3,(H2,20,21,27). The number of carbonyl (C=O) groups is 1. The Morgan fingerprint density at radius 2 is 1.93 bits per heavy atom. The molecule has 2 N–H and O–H groups in total. The highest BCUT2D eigenvalue weighted by Gasteiger charge is 2.29. The number of hydrogen-bond donors (Lipinski definition) is 2. The summed E-state index contributed by atoms with van der Waals surface area (Å²) in [5.41, 5.74) is 0.657. The molecule has 2 aromatic heterocycles. The fourth-order valence-electron chi connectivity index (χ4n) is 3.85. The van der Waals surface area contributed by atoms with Crippen molar-refractivity contribution < 1.29 is 4.79 Å². The zero-order valence-electron chi connectivity index (χ0n) is 16.4. The number of carbonyl (C=O) groups excluding carboxylic acids is 1. The summed E-state index contributed by atoms with van der Waals surface area (Å²) in [4.78, 5) is 14.2. The third-order valence-corrected chi connectivity index (χ3v) is 5.44. The van der Waals surface area contributed by atoms with E-state index in [9.17, 15) is 4.79 Å². The van der Waals surface area contributed by atoms with E-state index in [4.69, 9.17) is 5.10 Å². The van der Waals surface area contributed by atoms with Crippen molar-refractivity contribution in [1.29, 1.82) is 0 Å². The van der Waals surface area contributed by atoms with Gasteiger partial charge < -0.3 is 15.5 Å². The maximum Gasteiger partial charge on any atom is 0.315 e. The monoisotopic (exact) mass is 371 g/mol. The van der Waals surface area contributed by atoms with Gasteiger partial charge in [0.15, 0.2) is 11.5 Å². The third-order valence-electron chi connectivity index (χ3n) is 5.44. The van der Waals surface area contributed by atoms with Crippen LogP contribution in [0.1, 0.15) is 52.3 Å². The number of amides is 2. The second-order valence-corrected chi connectivity index (χ2v) is 8.84. The molecular formula is C19H29N7O. The van der Waals surface area contributed by atoms with Gasteiger partial charge in [0.05, 0.1) is 0 Å². The van der Waals surface area contributed by atoms with E-state index in [2.05, 4.69) is 46.5 Å². The van der Waals surface area contributed by atoms with E-state index in [-0.39, 0.29) is 11.4 Å². The van der Waals surface area contributed by atoms with Gasteiger partial charge in [-0.25, -0.2) is 4.79 Å². The van der Waals surface area contributed by atoms with Crippen LogP contribution < -0.4 is 15.5 Å². The zero-order chi connectivity index (χ0) is 19.0. The van der Waals surface area contributed by atoms with Gasteiger partial charge in [-0.3, -0.25) is 0 Å². The van der Waals surface area contributed by atoms with E-state index >= 15 is 0 Å². The molecule has 1 aliphatic carbocycles. The van der Waals surface area contributed by atoms with Gasteiger partial charge in [-0.2, -0.15) is 4.52 Å². The highest BCUT2D eigenvalue weighted by Crippen LogP contribution is 2.25. The summed E-state index contributed by atoms with van der Waals surface area (Å²) in [6, 6.07) is 4.29. The summed E-state index contributed by atoms with van der Waals surface area (Å²) in [6.45, 7) is 8.83. The topological polar surface area (TPSA) is 87.5 Å². The van der Waals surface area contributed by atoms with E-state index < -0.39 is 0 Å². The molecule has 27 heavy (non-hydrogen) atoms. The molecule has 1 aliphatic heterocycles. The minimum atomic E-state index is -0.112. The number of aromatic nitrogens is 4. The number of urea groups is 1. The average Bonchev–Trinajstić information content (AvgIpc) is 3.21. The quantitative estimate of drug-likeness (QED) is 0.859. The number of nitrogens with one attached hydrogen (secondary N) is 2. The van der Waals surface area contributed by atoms with Crippen LogP contribution in [0.5, 0.6) is 0 Å². The Bertz CT molecular complexity index is 813. The molecule has 8 heteroatoms. The first-order valence-electron chi connectivity index (χ1n) is 9.92. The number of fused-ring (bicyclic) bond motifs is 1. The Labute approximate surface area is 159 Å². The Hall–Kier alpha value is -2.38. The molecule has 3 heterocycles. The highest BCUT2D eigenvalue weighted by molar-refractivity contribution is 5.74. The molecule has 0 unspecified atom stereocenters. The zero-order valence-corrected chi connectivity index (χ0v) is 16.4. The smallest absolute Gasteiger partial charge is 0.315 e. The van der Waals surface area contributed by atoms with Crippen molar-refractivity contribution in [2.24, 2.45) is 5.92 Å². The maximum absolute atomic E-state index is 12.0. The molecule has 8 nitrogen and oxygen atoms in total. The number of nitrogens with zero attached hydrogens (tertiary/aromatic N) is 5. The second-order valence-electron chi connectivity index (χ2n) is 8.84. The lowest BCUT2D eigenvalue weighted by Crippen LogP contribution is -2.53. The average molecular weight is 371 g/mol. The predicted octanol–water partition coefficient (Wildman–Crippen LogP) is 2.10. The van der Waals surface area contributed by atoms with Gasteiger partial charge in [0.2, 0.25) is 0 Å². The molecular weight excluding hydrogens is 342 g/mol. The molecule has 0 bridgehead atoms. The van der Waals surface area contributed by atoms with Crippen LogP contribution in [0.4, 0.5) is 10.6 Å². The molecule has 4 rings (SSSR count). The van der Waals surface area contributed by atoms with Gasteiger partial charge in [0.25, 0.3) is 0 Å². The highest BCUT2D eigenvalue weighted by atomic mass is 16.2. The predicted molar refractivity (Wildman–Crippen MR) is 104 cm³/mol. The summed E-state index contributed by atoms with van der Waals surface area (Å²) in [7, 11) is 0. The number of anilines is 1. The van der Waals surface area contributed by atoms with Crippen LogP contribution in [-0.4, -0.2) is 51.5 Å². The summed E-state index contributed by atoms with van der Waals surface area (Å²) >= 11 is 0. The van der Waals surface area contributed by atoms with Crippen LogP contribution in [0.15, 0.2) is 12.1 Å². The Kier molecular flexibility index (Phi) is 4.65. The fourth-order valence-corrected chi connectivity index (χ4v) is 3.85. The molecule has 0 spiro atoms. The van der Waals surface area contributed by atoms with E-state index in [0.717, 1.165) is 43.2 Å². The first kappa shape index (κ1) is 18.0. The van der Waals surface area contributed by atoms with Crippen molar-refractivity contribution in [2.75, 3.05) is 24.5 Å². The van der Waals surface area contributed by atoms with Crippen LogP contribution in [0.25, 0.3) is 5.65 Å². The van der Waals surface area contributed by atoms with Crippen LogP contribution in [-0.2, 0) is 5.41 Å². The van der Waals surface area contributed by atoms with E-state index in [0.29, 0.717) is 18.5 Å². The van der Waals surface area contributed by atoms with Crippen LogP contribution >= 0.6 is 0 Å². The second kappa shape index (κ2) is 6.98. The SMILES string of the molecule is CC(C)(C)c1nnc2ccc(N3CC(CNC(=O)NC4CCCC4)C3)nn12. The summed E-state index contributed by atoms with van der Waals surface area (Å²) in [6.07, 6.45) is 4.67. The van der Waals surface area contributed by atoms with Crippen LogP contribution in [0, 0.1) is 5.92 Å². The molecule has 146 valence electrons. The van der Waals surface area contributed by atoms with Gasteiger partial charge in [-0.05, 0) is 25.0 Å². The molecule has 2 aliphatic rings. The molecule has 1 saturated carbocycles. The molecule has 2 amide bonds. The van der Waals surface area contributed by atoms with Gasteiger partial charge in [-0.15, -0.1) is 15.3 Å². The maximum atomic E-state index is 12.0. The lowest BCUT2D eigenvalue weighted by atomic mass is 9.96. The fraction of sp³-hybridized carbons (Fsp3) is 0.684. The van der Waals surface area contributed by atoms with Crippen molar-refractivity contribution in [3.05, 3.63) is 18.0 Å². The Morgan fingerprint density at radius 3 is 2.63 bits per heavy atom. The van der Waals surface area contributed by atoms with Gasteiger partial charge >= 0.3 is 6.03 Å². The van der Waals surface area contributed by atoms with Gasteiger partial charge in [0.1, 0.15) is 5.82 Å². The molecule has 0 radical (unpaired) electrons. The van der Waals surface area contributed by atoms with Crippen molar-refractivity contribution in [3.63, 3.8) is 0 Å². The summed E-state index contributed by atoms with van der Waals surface area (Å²) in [5, 5.41) is 19.3. The number of hydrogen-bond acceptors (Lipinski definition) is 5. The minimum absolute atomic E-state index is 0.0285. The number of rotatable bonds is 4. The van der Waals surface area contributed by atoms with Crippen molar-refractivity contribution in [1.82, 2.24) is 30.4 Å². The van der Waals surface area contributed by atoms with Gasteiger partial charge in [0, 0.05) is 37.0 Å². The first-order valence-corrected chi connectivity index (χ1v) is 9.92. The molecule has 2 fully saturated rings. The van der Waals surface area contributed by atoms with Crippen molar-refractivity contribution in [2.45, 2.75) is 57.9 Å².